The van der Waals surface area contributed by atoms with Crippen LogP contribution in [0.25, 0.3) is 0 Å². The van der Waals surface area contributed by atoms with Gasteiger partial charge in [-0.15, -0.1) is 0 Å². The number of aliphatic imine (C=N–C) groups is 1. The van der Waals surface area contributed by atoms with Gasteiger partial charge in [-0.3, -0.25) is 0 Å². The number of hydrogen-bond acceptors (Lipinski definition) is 2. The Hall–Kier alpha value is -1.62. The maximum absolute atomic E-state index is 14.0. The lowest BCUT2D eigenvalue weighted by Gasteiger charge is -2.22. The van der Waals surface area contributed by atoms with Crippen LogP contribution in [0.4, 0.5) is 4.39 Å². The van der Waals surface area contributed by atoms with Gasteiger partial charge in [0, 0.05) is 40.3 Å². The summed E-state index contributed by atoms with van der Waals surface area (Å²) in [7, 11) is 11.6. The Kier molecular flexibility index (Phi) is 5.95. The van der Waals surface area contributed by atoms with E-state index in [-0.39, 0.29) is 5.82 Å². The van der Waals surface area contributed by atoms with E-state index in [1.165, 1.54) is 0 Å². The monoisotopic (exact) mass is 280 g/mol. The van der Waals surface area contributed by atoms with Crippen molar-refractivity contribution in [3.8, 4) is 0 Å². The molecule has 0 unspecified atom stereocenters. The lowest BCUT2D eigenvalue weighted by atomic mass is 10.1. The van der Waals surface area contributed by atoms with Crippen molar-refractivity contribution >= 4 is 5.96 Å². The van der Waals surface area contributed by atoms with Gasteiger partial charge in [0.1, 0.15) is 5.82 Å². The molecule has 0 aliphatic heterocycles. The van der Waals surface area contributed by atoms with Gasteiger partial charge in [0.25, 0.3) is 0 Å². The first-order chi connectivity index (χ1) is 9.31. The summed E-state index contributed by atoms with van der Waals surface area (Å²) in [6.07, 6.45) is 0. The van der Waals surface area contributed by atoms with Crippen LogP contribution in [0.15, 0.2) is 23.2 Å². The molecule has 0 radical (unpaired) electrons. The second-order valence-electron chi connectivity index (χ2n) is 5.57. The number of halogens is 1. The van der Waals surface area contributed by atoms with Crippen LogP contribution in [0.2, 0.25) is 0 Å². The minimum absolute atomic E-state index is 0.164. The second-order valence-corrected chi connectivity index (χ2v) is 5.57. The minimum Gasteiger partial charge on any atom is -0.349 e. The predicted octanol–water partition coefficient (Wildman–Crippen LogP) is 1.87. The van der Waals surface area contributed by atoms with E-state index in [0.29, 0.717) is 18.7 Å². The first-order valence-corrected chi connectivity index (χ1v) is 6.62. The average molecular weight is 280 g/mol. The zero-order chi connectivity index (χ0) is 15.3. The molecule has 1 aromatic rings. The van der Waals surface area contributed by atoms with Crippen molar-refractivity contribution in [3.63, 3.8) is 0 Å². The van der Waals surface area contributed by atoms with Crippen molar-refractivity contribution in [1.29, 1.82) is 0 Å². The van der Waals surface area contributed by atoms with Gasteiger partial charge in [-0.05, 0) is 25.7 Å². The van der Waals surface area contributed by atoms with Crippen LogP contribution in [0.5, 0.6) is 0 Å². The Bertz CT molecular complexity index is 457. The van der Waals surface area contributed by atoms with Crippen LogP contribution in [0.1, 0.15) is 11.1 Å². The van der Waals surface area contributed by atoms with E-state index in [0.717, 1.165) is 11.5 Å². The lowest BCUT2D eigenvalue weighted by molar-refractivity contribution is 0.392. The van der Waals surface area contributed by atoms with E-state index in [1.54, 1.807) is 6.07 Å². The quantitative estimate of drug-likeness (QED) is 0.621. The highest BCUT2D eigenvalue weighted by atomic mass is 19.1. The lowest BCUT2D eigenvalue weighted by Crippen LogP contribution is -2.35. The van der Waals surface area contributed by atoms with Gasteiger partial charge in [-0.25, -0.2) is 9.38 Å². The fraction of sp³-hybridized carbons (Fsp3) is 0.533. The fourth-order valence-corrected chi connectivity index (χ4v) is 2.00. The average Bonchev–Trinajstić information content (AvgIpc) is 2.31. The summed E-state index contributed by atoms with van der Waals surface area (Å²) >= 11 is 0. The van der Waals surface area contributed by atoms with Crippen LogP contribution in [0.3, 0.4) is 0 Å². The summed E-state index contributed by atoms with van der Waals surface area (Å²) in [5.74, 6) is 0.699. The summed E-state index contributed by atoms with van der Waals surface area (Å²) < 4.78 is 14.0. The van der Waals surface area contributed by atoms with Crippen LogP contribution in [-0.2, 0) is 13.1 Å². The standard InChI is InChI=1S/C15H25FN4/c1-18(2)11-13-8-7-12(9-14(13)16)10-17-15(19(3)4)20(5)6/h7-9H,10-11H2,1-6H3. The molecule has 0 atom stereocenters. The van der Waals surface area contributed by atoms with E-state index in [2.05, 4.69) is 4.99 Å². The molecule has 0 saturated heterocycles. The molecule has 4 nitrogen and oxygen atoms in total. The molecule has 1 aromatic carbocycles. The van der Waals surface area contributed by atoms with Crippen LogP contribution in [-0.4, -0.2) is 62.9 Å². The van der Waals surface area contributed by atoms with E-state index in [4.69, 9.17) is 0 Å². The van der Waals surface area contributed by atoms with E-state index in [1.807, 2.05) is 69.1 Å². The largest absolute Gasteiger partial charge is 0.349 e. The van der Waals surface area contributed by atoms with Crippen molar-refractivity contribution in [2.24, 2.45) is 4.99 Å². The molecule has 1 rings (SSSR count). The molecule has 0 N–H and O–H groups in total. The summed E-state index contributed by atoms with van der Waals surface area (Å²) in [6.45, 7) is 1.08. The third-order valence-electron chi connectivity index (χ3n) is 2.81. The van der Waals surface area contributed by atoms with Crippen molar-refractivity contribution in [2.75, 3.05) is 42.3 Å². The SMILES string of the molecule is CN(C)Cc1ccc(CN=C(N(C)C)N(C)C)cc1F. The molecule has 0 amide bonds. The molecule has 0 heterocycles. The predicted molar refractivity (Wildman–Crippen MR) is 82.3 cm³/mol. The summed E-state index contributed by atoms with van der Waals surface area (Å²) in [4.78, 5) is 10.3. The highest BCUT2D eigenvalue weighted by Gasteiger charge is 2.07. The van der Waals surface area contributed by atoms with E-state index < -0.39 is 0 Å². The zero-order valence-corrected chi connectivity index (χ0v) is 13.3. The summed E-state index contributed by atoms with van der Waals surface area (Å²) in [5, 5.41) is 0. The first kappa shape index (κ1) is 16.4. The van der Waals surface area contributed by atoms with Crippen molar-refractivity contribution in [3.05, 3.63) is 35.1 Å². The third-order valence-corrected chi connectivity index (χ3v) is 2.81. The Morgan fingerprint density at radius 2 is 1.65 bits per heavy atom. The van der Waals surface area contributed by atoms with Gasteiger partial charge in [0.05, 0.1) is 6.54 Å². The smallest absolute Gasteiger partial charge is 0.195 e. The minimum atomic E-state index is -0.164. The molecule has 0 bridgehead atoms. The maximum Gasteiger partial charge on any atom is 0.195 e. The highest BCUT2D eigenvalue weighted by molar-refractivity contribution is 5.79. The van der Waals surface area contributed by atoms with Gasteiger partial charge >= 0.3 is 0 Å². The molecular formula is C15H25FN4. The summed E-state index contributed by atoms with van der Waals surface area (Å²) in [6, 6.07) is 5.35. The molecule has 0 aromatic heterocycles. The maximum atomic E-state index is 14.0. The first-order valence-electron chi connectivity index (χ1n) is 6.62. The summed E-state index contributed by atoms with van der Waals surface area (Å²) in [5.41, 5.74) is 1.59. The van der Waals surface area contributed by atoms with Gasteiger partial charge in [0.2, 0.25) is 0 Å². The van der Waals surface area contributed by atoms with Crippen LogP contribution >= 0.6 is 0 Å². The van der Waals surface area contributed by atoms with Gasteiger partial charge in [0.15, 0.2) is 5.96 Å². The normalized spacial score (nSPS) is 10.6. The van der Waals surface area contributed by atoms with Gasteiger partial charge < -0.3 is 14.7 Å². The van der Waals surface area contributed by atoms with Crippen molar-refractivity contribution < 1.29 is 4.39 Å². The Morgan fingerprint density at radius 3 is 2.10 bits per heavy atom. The molecule has 20 heavy (non-hydrogen) atoms. The molecule has 0 fully saturated rings. The van der Waals surface area contributed by atoms with E-state index in [9.17, 15) is 4.39 Å². The second kappa shape index (κ2) is 7.24. The number of guanidine groups is 1. The third kappa shape index (κ3) is 4.81. The molecule has 0 aliphatic rings. The van der Waals surface area contributed by atoms with Crippen LogP contribution < -0.4 is 0 Å². The zero-order valence-electron chi connectivity index (χ0n) is 13.3. The molecule has 112 valence electrons. The Morgan fingerprint density at radius 1 is 1.05 bits per heavy atom. The Balaban J connectivity index is 2.84. The molecular weight excluding hydrogens is 255 g/mol. The molecule has 0 aliphatic carbocycles. The Labute approximate surface area is 121 Å². The number of hydrogen-bond donors (Lipinski definition) is 0. The number of rotatable bonds is 4. The molecule has 5 heteroatoms. The van der Waals surface area contributed by atoms with E-state index >= 15 is 0 Å². The molecule has 0 spiro atoms. The van der Waals surface area contributed by atoms with Gasteiger partial charge in [-0.1, -0.05) is 12.1 Å². The molecule has 0 saturated carbocycles. The van der Waals surface area contributed by atoms with Crippen molar-refractivity contribution in [2.45, 2.75) is 13.1 Å². The van der Waals surface area contributed by atoms with Crippen molar-refractivity contribution in [1.82, 2.24) is 14.7 Å². The van der Waals surface area contributed by atoms with Gasteiger partial charge in [-0.2, -0.15) is 0 Å². The fourth-order valence-electron chi connectivity index (χ4n) is 2.00. The topological polar surface area (TPSA) is 22.1 Å². The number of benzene rings is 1. The number of nitrogens with zero attached hydrogens (tertiary/aromatic N) is 4. The highest BCUT2D eigenvalue weighted by Crippen LogP contribution is 2.13. The van der Waals surface area contributed by atoms with Crippen LogP contribution in [0, 0.1) is 5.82 Å².